The fraction of sp³-hybridized carbons (Fsp3) is 0.263. The van der Waals surface area contributed by atoms with Gasteiger partial charge in [-0.1, -0.05) is 12.1 Å². The molecule has 5 heteroatoms. The number of rotatable bonds is 4. The summed E-state index contributed by atoms with van der Waals surface area (Å²) < 4.78 is 5.11. The highest BCUT2D eigenvalue weighted by Crippen LogP contribution is 2.29. The maximum absolute atomic E-state index is 12.5. The lowest BCUT2D eigenvalue weighted by Crippen LogP contribution is -2.25. The van der Waals surface area contributed by atoms with Gasteiger partial charge in [-0.2, -0.15) is 0 Å². The van der Waals surface area contributed by atoms with Gasteiger partial charge in [-0.25, -0.2) is 0 Å². The van der Waals surface area contributed by atoms with Crippen LogP contribution < -0.4 is 10.2 Å². The number of carbonyl (C=O) groups excluding carboxylic acids is 2. The molecule has 0 bridgehead atoms. The van der Waals surface area contributed by atoms with Crippen molar-refractivity contribution in [2.24, 2.45) is 0 Å². The molecule has 0 saturated carbocycles. The second-order valence-corrected chi connectivity index (χ2v) is 5.85. The van der Waals surface area contributed by atoms with Gasteiger partial charge in [-0.3, -0.25) is 9.59 Å². The van der Waals surface area contributed by atoms with Gasteiger partial charge >= 0.3 is 0 Å². The maximum atomic E-state index is 12.5. The van der Waals surface area contributed by atoms with Crippen molar-refractivity contribution in [2.75, 3.05) is 23.9 Å². The molecule has 1 aliphatic rings. The van der Waals surface area contributed by atoms with E-state index in [1.165, 1.54) is 0 Å². The molecule has 0 atom stereocenters. The van der Waals surface area contributed by atoms with Crippen molar-refractivity contribution in [3.63, 3.8) is 0 Å². The number of benzene rings is 2. The Bertz CT molecular complexity index is 786. The van der Waals surface area contributed by atoms with E-state index >= 15 is 0 Å². The molecule has 0 aliphatic carbocycles. The second kappa shape index (κ2) is 6.84. The van der Waals surface area contributed by atoms with E-state index < -0.39 is 0 Å². The molecular formula is C19H20N2O3. The summed E-state index contributed by atoms with van der Waals surface area (Å²) in [5.41, 5.74) is 4.27. The molecule has 1 aliphatic heterocycles. The van der Waals surface area contributed by atoms with Gasteiger partial charge in [-0.05, 0) is 47.9 Å². The van der Waals surface area contributed by atoms with Crippen LogP contribution in [0, 0.1) is 0 Å². The topological polar surface area (TPSA) is 58.6 Å². The van der Waals surface area contributed by atoms with Crippen molar-refractivity contribution in [1.29, 1.82) is 0 Å². The van der Waals surface area contributed by atoms with Crippen molar-refractivity contribution in [3.05, 3.63) is 59.2 Å². The Morgan fingerprint density at radius 3 is 2.79 bits per heavy atom. The number of methoxy groups -OCH3 is 1. The molecule has 0 saturated heterocycles. The smallest absolute Gasteiger partial charge is 0.255 e. The highest BCUT2D eigenvalue weighted by Gasteiger charge is 2.23. The van der Waals surface area contributed by atoms with Crippen LogP contribution >= 0.6 is 0 Å². The zero-order valence-electron chi connectivity index (χ0n) is 13.8. The van der Waals surface area contributed by atoms with Gasteiger partial charge in [0.2, 0.25) is 5.91 Å². The molecule has 0 unspecified atom stereocenters. The van der Waals surface area contributed by atoms with Crippen LogP contribution in [-0.2, 0) is 22.6 Å². The van der Waals surface area contributed by atoms with E-state index in [1.807, 2.05) is 36.4 Å². The average Bonchev–Trinajstić information content (AvgIpc) is 2.98. The number of fused-ring (bicyclic) bond motifs is 1. The zero-order chi connectivity index (χ0) is 17.1. The van der Waals surface area contributed by atoms with Crippen molar-refractivity contribution in [3.8, 4) is 0 Å². The summed E-state index contributed by atoms with van der Waals surface area (Å²) in [6.07, 6.45) is 0.777. The third kappa shape index (κ3) is 3.31. The number of ether oxygens (including phenoxy) is 1. The Kier molecular flexibility index (Phi) is 4.62. The van der Waals surface area contributed by atoms with E-state index in [0.29, 0.717) is 18.7 Å². The molecule has 2 amide bonds. The van der Waals surface area contributed by atoms with Crippen LogP contribution in [0.2, 0.25) is 0 Å². The summed E-state index contributed by atoms with van der Waals surface area (Å²) in [7, 11) is 1.64. The first-order valence-corrected chi connectivity index (χ1v) is 7.89. The van der Waals surface area contributed by atoms with E-state index in [-0.39, 0.29) is 11.8 Å². The summed E-state index contributed by atoms with van der Waals surface area (Å²) in [4.78, 5) is 25.8. The largest absolute Gasteiger partial charge is 0.380 e. The van der Waals surface area contributed by atoms with E-state index in [2.05, 4.69) is 5.32 Å². The Morgan fingerprint density at radius 1 is 1.21 bits per heavy atom. The molecule has 1 heterocycles. The van der Waals surface area contributed by atoms with Gasteiger partial charge in [0.25, 0.3) is 5.91 Å². The Hall–Kier alpha value is -2.66. The lowest BCUT2D eigenvalue weighted by atomic mass is 10.1. The van der Waals surface area contributed by atoms with Crippen LogP contribution in [-0.4, -0.2) is 25.5 Å². The van der Waals surface area contributed by atoms with E-state index in [1.54, 1.807) is 25.0 Å². The number of carbonyl (C=O) groups is 2. The first-order chi connectivity index (χ1) is 11.6. The molecule has 5 nitrogen and oxygen atoms in total. The molecule has 2 aromatic rings. The van der Waals surface area contributed by atoms with Crippen LogP contribution in [0.5, 0.6) is 0 Å². The molecular weight excluding hydrogens is 304 g/mol. The second-order valence-electron chi connectivity index (χ2n) is 5.85. The van der Waals surface area contributed by atoms with Gasteiger partial charge < -0.3 is 15.0 Å². The van der Waals surface area contributed by atoms with Crippen molar-refractivity contribution in [1.82, 2.24) is 0 Å². The number of amides is 2. The predicted octanol–water partition coefficient (Wildman–Crippen LogP) is 2.99. The normalized spacial score (nSPS) is 12.8. The molecule has 3 rings (SSSR count). The Balaban J connectivity index is 1.77. The van der Waals surface area contributed by atoms with Gasteiger partial charge in [0, 0.05) is 37.5 Å². The monoisotopic (exact) mass is 324 g/mol. The van der Waals surface area contributed by atoms with Gasteiger partial charge in [0.1, 0.15) is 0 Å². The highest BCUT2D eigenvalue weighted by molar-refractivity contribution is 6.05. The SMILES string of the molecule is COCc1cccc(NC(=O)c2ccc3c(c2)CCN3C(C)=O)c1. The van der Waals surface area contributed by atoms with Crippen LogP contribution in [0.25, 0.3) is 0 Å². The molecule has 0 radical (unpaired) electrons. The maximum Gasteiger partial charge on any atom is 0.255 e. The lowest BCUT2D eigenvalue weighted by Gasteiger charge is -2.15. The van der Waals surface area contributed by atoms with Crippen molar-refractivity contribution >= 4 is 23.2 Å². The number of hydrogen-bond donors (Lipinski definition) is 1. The minimum absolute atomic E-state index is 0.0286. The fourth-order valence-electron chi connectivity index (χ4n) is 2.98. The van der Waals surface area contributed by atoms with Crippen LogP contribution in [0.1, 0.15) is 28.4 Å². The number of nitrogens with zero attached hydrogens (tertiary/aromatic N) is 1. The van der Waals surface area contributed by atoms with Gasteiger partial charge in [0.15, 0.2) is 0 Å². The third-order valence-electron chi connectivity index (χ3n) is 4.11. The van der Waals surface area contributed by atoms with E-state index in [4.69, 9.17) is 4.74 Å². The Labute approximate surface area is 141 Å². The van der Waals surface area contributed by atoms with Crippen molar-refractivity contribution in [2.45, 2.75) is 20.0 Å². The van der Waals surface area contributed by atoms with Crippen LogP contribution in [0.15, 0.2) is 42.5 Å². The molecule has 2 aromatic carbocycles. The summed E-state index contributed by atoms with van der Waals surface area (Å²) in [6, 6.07) is 13.1. The summed E-state index contributed by atoms with van der Waals surface area (Å²) >= 11 is 0. The molecule has 1 N–H and O–H groups in total. The number of anilines is 2. The standard InChI is InChI=1S/C19H20N2O3/c1-13(22)21-9-8-15-11-16(6-7-18(15)21)19(23)20-17-5-3-4-14(10-17)12-24-2/h3-7,10-11H,8-9,12H2,1-2H3,(H,20,23). The first-order valence-electron chi connectivity index (χ1n) is 7.89. The van der Waals surface area contributed by atoms with Crippen LogP contribution in [0.4, 0.5) is 11.4 Å². The lowest BCUT2D eigenvalue weighted by molar-refractivity contribution is -0.116. The summed E-state index contributed by atoms with van der Waals surface area (Å²) in [5.74, 6) is -0.130. The minimum atomic E-state index is -0.159. The van der Waals surface area contributed by atoms with Gasteiger partial charge in [-0.15, -0.1) is 0 Å². The first kappa shape index (κ1) is 16.2. The summed E-state index contributed by atoms with van der Waals surface area (Å²) in [5, 5.41) is 2.91. The zero-order valence-corrected chi connectivity index (χ0v) is 13.8. The van der Waals surface area contributed by atoms with Crippen LogP contribution in [0.3, 0.4) is 0 Å². The number of nitrogens with one attached hydrogen (secondary N) is 1. The van der Waals surface area contributed by atoms with E-state index in [9.17, 15) is 9.59 Å². The predicted molar refractivity (Wildman–Crippen MR) is 93.3 cm³/mol. The third-order valence-corrected chi connectivity index (χ3v) is 4.11. The molecule has 24 heavy (non-hydrogen) atoms. The molecule has 0 fully saturated rings. The van der Waals surface area contributed by atoms with E-state index in [0.717, 1.165) is 28.9 Å². The molecule has 0 aromatic heterocycles. The fourth-order valence-corrected chi connectivity index (χ4v) is 2.98. The Morgan fingerprint density at radius 2 is 2.04 bits per heavy atom. The molecule has 124 valence electrons. The number of hydrogen-bond acceptors (Lipinski definition) is 3. The summed E-state index contributed by atoms with van der Waals surface area (Å²) in [6.45, 7) is 2.74. The van der Waals surface area contributed by atoms with Gasteiger partial charge in [0.05, 0.1) is 6.61 Å². The minimum Gasteiger partial charge on any atom is -0.380 e. The highest BCUT2D eigenvalue weighted by atomic mass is 16.5. The quantitative estimate of drug-likeness (QED) is 0.940. The van der Waals surface area contributed by atoms with Crippen molar-refractivity contribution < 1.29 is 14.3 Å². The average molecular weight is 324 g/mol. The molecule has 0 spiro atoms.